The van der Waals surface area contributed by atoms with Gasteiger partial charge in [0.15, 0.2) is 5.78 Å². The van der Waals surface area contributed by atoms with Crippen molar-refractivity contribution in [2.45, 2.75) is 19.4 Å². The van der Waals surface area contributed by atoms with Crippen LogP contribution in [0, 0.1) is 0 Å². The number of anilines is 2. The lowest BCUT2D eigenvalue weighted by molar-refractivity contribution is -0.122. The highest BCUT2D eigenvalue weighted by molar-refractivity contribution is 6.11. The number of amides is 3. The van der Waals surface area contributed by atoms with Crippen LogP contribution in [-0.4, -0.2) is 29.5 Å². The summed E-state index contributed by atoms with van der Waals surface area (Å²) in [6, 6.07) is 12.1. The van der Waals surface area contributed by atoms with Crippen LogP contribution in [0.25, 0.3) is 0 Å². The van der Waals surface area contributed by atoms with E-state index in [2.05, 4.69) is 16.0 Å². The fourth-order valence-electron chi connectivity index (χ4n) is 2.64. The van der Waals surface area contributed by atoms with Gasteiger partial charge in [0, 0.05) is 11.3 Å². The summed E-state index contributed by atoms with van der Waals surface area (Å²) in [4.78, 5) is 48.0. The molecule has 1 unspecified atom stereocenters. The number of Topliss-reactive ketones (excluding diaryl/α,β-unsaturated/α-hetero) is 1. The number of nitrogens with one attached hydrogen (secondary N) is 3. The van der Waals surface area contributed by atoms with Gasteiger partial charge in [-0.15, -0.1) is 0 Å². The maximum atomic E-state index is 12.3. The smallest absolute Gasteiger partial charge is 0.254 e. The van der Waals surface area contributed by atoms with E-state index in [4.69, 9.17) is 0 Å². The summed E-state index contributed by atoms with van der Waals surface area (Å²) in [5.41, 5.74) is 1.81. The van der Waals surface area contributed by atoms with Crippen LogP contribution < -0.4 is 16.0 Å². The number of fused-ring (bicyclic) bond motifs is 1. The molecule has 2 aromatic carbocycles. The lowest BCUT2D eigenvalue weighted by atomic mass is 10.1. The summed E-state index contributed by atoms with van der Waals surface area (Å²) in [7, 11) is 0. The van der Waals surface area contributed by atoms with E-state index in [0.717, 1.165) is 0 Å². The van der Waals surface area contributed by atoms with Crippen LogP contribution in [-0.2, 0) is 9.59 Å². The monoisotopic (exact) mass is 351 g/mol. The van der Waals surface area contributed by atoms with E-state index in [-0.39, 0.29) is 12.2 Å². The van der Waals surface area contributed by atoms with Crippen molar-refractivity contribution in [3.8, 4) is 0 Å². The standard InChI is InChI=1S/C19H17N3O4/c1-11(23)12-6-8-13(9-7-12)20-17(24)10-16-19(26)21-15-5-3-2-4-14(15)18(25)22-16/h2-9,16H,10H2,1H3,(H,20,24)(H,21,26)(H,22,25). The van der Waals surface area contributed by atoms with Gasteiger partial charge >= 0.3 is 0 Å². The second-order valence-electron chi connectivity index (χ2n) is 5.95. The highest BCUT2D eigenvalue weighted by atomic mass is 16.2. The minimum atomic E-state index is -0.980. The quantitative estimate of drug-likeness (QED) is 0.733. The first-order valence-electron chi connectivity index (χ1n) is 8.05. The lowest BCUT2D eigenvalue weighted by Gasteiger charge is -2.14. The molecule has 1 aliphatic rings. The molecule has 2 aromatic rings. The molecular formula is C19H17N3O4. The van der Waals surface area contributed by atoms with Crippen LogP contribution in [0.2, 0.25) is 0 Å². The summed E-state index contributed by atoms with van der Waals surface area (Å²) in [6.45, 7) is 1.46. The van der Waals surface area contributed by atoms with E-state index in [1.54, 1.807) is 48.5 Å². The number of benzene rings is 2. The van der Waals surface area contributed by atoms with E-state index < -0.39 is 23.8 Å². The molecule has 0 fully saturated rings. The Morgan fingerprint density at radius 1 is 1.04 bits per heavy atom. The Labute approximate surface area is 149 Å². The molecule has 1 aliphatic heterocycles. The molecule has 26 heavy (non-hydrogen) atoms. The molecule has 0 aromatic heterocycles. The van der Waals surface area contributed by atoms with Gasteiger partial charge in [0.05, 0.1) is 17.7 Å². The third-order valence-corrected chi connectivity index (χ3v) is 4.02. The zero-order valence-corrected chi connectivity index (χ0v) is 14.0. The van der Waals surface area contributed by atoms with Crippen molar-refractivity contribution in [1.82, 2.24) is 5.32 Å². The topological polar surface area (TPSA) is 104 Å². The van der Waals surface area contributed by atoms with Crippen molar-refractivity contribution in [3.05, 3.63) is 59.7 Å². The SMILES string of the molecule is CC(=O)c1ccc(NC(=O)CC2NC(=O)c3ccccc3NC2=O)cc1. The number of hydrogen-bond donors (Lipinski definition) is 3. The first kappa shape index (κ1) is 17.3. The van der Waals surface area contributed by atoms with Gasteiger partial charge in [0.25, 0.3) is 5.91 Å². The number of para-hydroxylation sites is 1. The third-order valence-electron chi connectivity index (χ3n) is 4.02. The highest BCUT2D eigenvalue weighted by Gasteiger charge is 2.29. The Balaban J connectivity index is 1.66. The first-order valence-corrected chi connectivity index (χ1v) is 8.05. The van der Waals surface area contributed by atoms with Gasteiger partial charge < -0.3 is 16.0 Å². The van der Waals surface area contributed by atoms with E-state index in [1.807, 2.05) is 0 Å². The van der Waals surface area contributed by atoms with Gasteiger partial charge in [-0.3, -0.25) is 19.2 Å². The van der Waals surface area contributed by atoms with Crippen LogP contribution in [0.4, 0.5) is 11.4 Å². The van der Waals surface area contributed by atoms with Crippen molar-refractivity contribution in [3.63, 3.8) is 0 Å². The zero-order valence-electron chi connectivity index (χ0n) is 14.0. The molecule has 0 saturated heterocycles. The van der Waals surface area contributed by atoms with Gasteiger partial charge in [0.1, 0.15) is 6.04 Å². The molecule has 7 nitrogen and oxygen atoms in total. The summed E-state index contributed by atoms with van der Waals surface area (Å²) in [6.07, 6.45) is -0.208. The Hall–Kier alpha value is -3.48. The summed E-state index contributed by atoms with van der Waals surface area (Å²) < 4.78 is 0. The maximum absolute atomic E-state index is 12.3. The van der Waals surface area contributed by atoms with Crippen molar-refractivity contribution in [2.24, 2.45) is 0 Å². The second kappa shape index (κ2) is 7.18. The molecule has 7 heteroatoms. The molecule has 1 heterocycles. The molecule has 0 spiro atoms. The normalized spacial score (nSPS) is 16.0. The van der Waals surface area contributed by atoms with Crippen LogP contribution in [0.15, 0.2) is 48.5 Å². The Kier molecular flexibility index (Phi) is 4.79. The van der Waals surface area contributed by atoms with E-state index >= 15 is 0 Å². The Morgan fingerprint density at radius 3 is 2.42 bits per heavy atom. The highest BCUT2D eigenvalue weighted by Crippen LogP contribution is 2.19. The van der Waals surface area contributed by atoms with E-state index in [1.165, 1.54) is 6.92 Å². The molecule has 3 N–H and O–H groups in total. The van der Waals surface area contributed by atoms with Gasteiger partial charge in [-0.05, 0) is 43.3 Å². The first-order chi connectivity index (χ1) is 12.4. The summed E-state index contributed by atoms with van der Waals surface area (Å²) >= 11 is 0. The molecule has 3 amide bonds. The summed E-state index contributed by atoms with van der Waals surface area (Å²) in [5.74, 6) is -1.36. The maximum Gasteiger partial charge on any atom is 0.254 e. The largest absolute Gasteiger partial charge is 0.340 e. The van der Waals surface area contributed by atoms with Crippen LogP contribution in [0.1, 0.15) is 34.1 Å². The van der Waals surface area contributed by atoms with E-state index in [9.17, 15) is 19.2 Å². The van der Waals surface area contributed by atoms with Crippen LogP contribution in [0.5, 0.6) is 0 Å². The average molecular weight is 351 g/mol. The minimum Gasteiger partial charge on any atom is -0.340 e. The number of rotatable bonds is 4. The molecule has 0 saturated carbocycles. The molecule has 132 valence electrons. The number of ketones is 1. The summed E-state index contributed by atoms with van der Waals surface area (Å²) in [5, 5.41) is 7.87. The minimum absolute atomic E-state index is 0.0692. The average Bonchev–Trinajstić information content (AvgIpc) is 2.72. The number of carbonyl (C=O) groups is 4. The van der Waals surface area contributed by atoms with Crippen molar-refractivity contribution < 1.29 is 19.2 Å². The number of hydrogen-bond acceptors (Lipinski definition) is 4. The van der Waals surface area contributed by atoms with E-state index in [0.29, 0.717) is 22.5 Å². The van der Waals surface area contributed by atoms with Crippen molar-refractivity contribution in [2.75, 3.05) is 10.6 Å². The fraction of sp³-hybridized carbons (Fsp3) is 0.158. The second-order valence-corrected chi connectivity index (χ2v) is 5.95. The zero-order chi connectivity index (χ0) is 18.7. The van der Waals surface area contributed by atoms with Crippen LogP contribution in [0.3, 0.4) is 0 Å². The Morgan fingerprint density at radius 2 is 1.73 bits per heavy atom. The molecule has 3 rings (SSSR count). The van der Waals surface area contributed by atoms with Gasteiger partial charge in [0.2, 0.25) is 11.8 Å². The Bertz CT molecular complexity index is 890. The number of carbonyl (C=O) groups excluding carboxylic acids is 4. The lowest BCUT2D eigenvalue weighted by Crippen LogP contribution is -2.43. The molecule has 0 aliphatic carbocycles. The predicted molar refractivity (Wildman–Crippen MR) is 96.0 cm³/mol. The molecule has 0 bridgehead atoms. The van der Waals surface area contributed by atoms with Crippen LogP contribution >= 0.6 is 0 Å². The molecule has 1 atom stereocenters. The molecule has 0 radical (unpaired) electrons. The van der Waals surface area contributed by atoms with Gasteiger partial charge in [-0.1, -0.05) is 12.1 Å². The fourth-order valence-corrected chi connectivity index (χ4v) is 2.64. The molecular weight excluding hydrogens is 334 g/mol. The predicted octanol–water partition coefficient (Wildman–Crippen LogP) is 1.97. The van der Waals surface area contributed by atoms with Crippen molar-refractivity contribution >= 4 is 34.9 Å². The van der Waals surface area contributed by atoms with Gasteiger partial charge in [-0.2, -0.15) is 0 Å². The van der Waals surface area contributed by atoms with Gasteiger partial charge in [-0.25, -0.2) is 0 Å². The third kappa shape index (κ3) is 3.77. The van der Waals surface area contributed by atoms with Crippen molar-refractivity contribution in [1.29, 1.82) is 0 Å².